The van der Waals surface area contributed by atoms with E-state index in [2.05, 4.69) is 10.2 Å². The van der Waals surface area contributed by atoms with Crippen LogP contribution in [0.3, 0.4) is 0 Å². The van der Waals surface area contributed by atoms with Crippen molar-refractivity contribution in [3.8, 4) is 5.75 Å². The van der Waals surface area contributed by atoms with E-state index in [0.29, 0.717) is 11.8 Å². The second kappa shape index (κ2) is 8.68. The molecular weight excluding hydrogens is 316 g/mol. The number of nitrogens with one attached hydrogen (secondary N) is 1. The minimum Gasteiger partial charge on any atom is -0.497 e. The van der Waals surface area contributed by atoms with E-state index in [4.69, 9.17) is 4.74 Å². The maximum absolute atomic E-state index is 12.5. The summed E-state index contributed by atoms with van der Waals surface area (Å²) in [6.45, 7) is 2.14. The van der Waals surface area contributed by atoms with Crippen LogP contribution >= 0.6 is 0 Å². The van der Waals surface area contributed by atoms with Crippen molar-refractivity contribution in [2.24, 2.45) is 5.92 Å². The molecule has 0 aromatic heterocycles. The molecule has 1 aromatic carbocycles. The molecule has 25 heavy (non-hydrogen) atoms. The lowest BCUT2D eigenvalue weighted by atomic mass is 9.94. The third-order valence-electron chi connectivity index (χ3n) is 5.63. The Morgan fingerprint density at radius 3 is 2.88 bits per heavy atom. The van der Waals surface area contributed by atoms with Crippen molar-refractivity contribution in [3.05, 3.63) is 29.8 Å². The third-order valence-corrected chi connectivity index (χ3v) is 5.63. The minimum absolute atomic E-state index is 0.0550. The molecule has 0 spiro atoms. The summed E-state index contributed by atoms with van der Waals surface area (Å²) in [5.41, 5.74) is 0.759. The predicted molar refractivity (Wildman–Crippen MR) is 97.5 cm³/mol. The highest BCUT2D eigenvalue weighted by Gasteiger charge is 2.32. The summed E-state index contributed by atoms with van der Waals surface area (Å²) in [5.74, 6) is 0.835. The van der Waals surface area contributed by atoms with Crippen LogP contribution in [0.25, 0.3) is 0 Å². The summed E-state index contributed by atoms with van der Waals surface area (Å²) in [6.07, 6.45) is 6.78. The third kappa shape index (κ3) is 4.73. The minimum atomic E-state index is -0.713. The highest BCUT2D eigenvalue weighted by atomic mass is 16.5. The van der Waals surface area contributed by atoms with Gasteiger partial charge in [-0.25, -0.2) is 0 Å². The van der Waals surface area contributed by atoms with Crippen molar-refractivity contribution in [3.63, 3.8) is 0 Å². The van der Waals surface area contributed by atoms with Crippen molar-refractivity contribution in [1.82, 2.24) is 10.2 Å². The molecule has 1 saturated carbocycles. The number of nitrogens with zero attached hydrogens (tertiary/aromatic N) is 1. The molecule has 1 amide bonds. The van der Waals surface area contributed by atoms with Gasteiger partial charge in [0.1, 0.15) is 5.75 Å². The number of hydrogen-bond acceptors (Lipinski definition) is 4. The van der Waals surface area contributed by atoms with Gasteiger partial charge in [-0.1, -0.05) is 31.4 Å². The smallest absolute Gasteiger partial charge is 0.224 e. The molecule has 1 aromatic rings. The standard InChI is InChI=1S/C20H30N2O3/c1-25-18-9-5-6-15(12-18)19(23)13-21-20(24)16-10-11-22(14-16)17-7-3-2-4-8-17/h5-6,9,12,16-17,19,23H,2-4,7-8,10-11,13-14H2,1H3,(H,21,24)/t16-,19-/m1/s1. The van der Waals surface area contributed by atoms with Gasteiger partial charge < -0.3 is 15.2 Å². The maximum atomic E-state index is 12.5. The van der Waals surface area contributed by atoms with E-state index in [0.717, 1.165) is 25.1 Å². The number of benzene rings is 1. The lowest BCUT2D eigenvalue weighted by molar-refractivity contribution is -0.125. The van der Waals surface area contributed by atoms with Crippen molar-refractivity contribution < 1.29 is 14.6 Å². The van der Waals surface area contributed by atoms with Crippen LogP contribution in [0.1, 0.15) is 50.2 Å². The quantitative estimate of drug-likeness (QED) is 0.831. The first-order valence-corrected chi connectivity index (χ1v) is 9.51. The number of carbonyl (C=O) groups excluding carboxylic acids is 1. The van der Waals surface area contributed by atoms with Crippen LogP contribution in [0.5, 0.6) is 5.75 Å². The van der Waals surface area contributed by atoms with Gasteiger partial charge in [0.2, 0.25) is 5.91 Å². The first-order valence-electron chi connectivity index (χ1n) is 9.51. The van der Waals surface area contributed by atoms with E-state index in [-0.39, 0.29) is 18.4 Å². The summed E-state index contributed by atoms with van der Waals surface area (Å²) in [5, 5.41) is 13.2. The van der Waals surface area contributed by atoms with Crippen molar-refractivity contribution in [1.29, 1.82) is 0 Å². The first-order chi connectivity index (χ1) is 12.2. The molecule has 3 rings (SSSR count). The zero-order chi connectivity index (χ0) is 17.6. The summed E-state index contributed by atoms with van der Waals surface area (Å²) < 4.78 is 5.18. The Morgan fingerprint density at radius 2 is 2.12 bits per heavy atom. The number of methoxy groups -OCH3 is 1. The van der Waals surface area contributed by atoms with Gasteiger partial charge in [-0.15, -0.1) is 0 Å². The SMILES string of the molecule is COc1cccc([C@H](O)CNC(=O)[C@@H]2CCN(C3CCCCC3)C2)c1. The normalized spacial score (nSPS) is 23.4. The molecule has 2 atom stereocenters. The fourth-order valence-corrected chi connectivity index (χ4v) is 4.09. The van der Waals surface area contributed by atoms with Gasteiger partial charge in [0.25, 0.3) is 0 Å². The van der Waals surface area contributed by atoms with E-state index in [1.807, 2.05) is 18.2 Å². The first kappa shape index (κ1) is 18.2. The Labute approximate surface area is 150 Å². The molecule has 138 valence electrons. The largest absolute Gasteiger partial charge is 0.497 e. The summed E-state index contributed by atoms with van der Waals surface area (Å²) in [6, 6.07) is 8.01. The predicted octanol–water partition coefficient (Wildman–Crippen LogP) is 2.50. The molecule has 2 aliphatic rings. The van der Waals surface area contributed by atoms with E-state index < -0.39 is 6.10 Å². The van der Waals surface area contributed by atoms with Crippen LogP contribution in [0, 0.1) is 5.92 Å². The second-order valence-electron chi connectivity index (χ2n) is 7.31. The molecule has 1 saturated heterocycles. The molecule has 1 heterocycles. The molecule has 5 heteroatoms. The number of amides is 1. The van der Waals surface area contributed by atoms with Crippen LogP contribution in [-0.2, 0) is 4.79 Å². The average molecular weight is 346 g/mol. The van der Waals surface area contributed by atoms with Gasteiger partial charge in [-0.3, -0.25) is 9.69 Å². The molecule has 0 unspecified atom stereocenters. The fraction of sp³-hybridized carbons (Fsp3) is 0.650. The van der Waals surface area contributed by atoms with Gasteiger partial charge in [-0.2, -0.15) is 0 Å². The summed E-state index contributed by atoms with van der Waals surface area (Å²) >= 11 is 0. The molecular formula is C20H30N2O3. The van der Waals surface area contributed by atoms with Crippen LogP contribution in [0.2, 0.25) is 0 Å². The van der Waals surface area contributed by atoms with Crippen LogP contribution in [0.15, 0.2) is 24.3 Å². The zero-order valence-electron chi connectivity index (χ0n) is 15.1. The average Bonchev–Trinajstić information content (AvgIpc) is 3.17. The van der Waals surface area contributed by atoms with Gasteiger partial charge in [-0.05, 0) is 43.5 Å². The lowest BCUT2D eigenvalue weighted by Gasteiger charge is -2.30. The number of hydrogen-bond donors (Lipinski definition) is 2. The van der Waals surface area contributed by atoms with E-state index in [1.54, 1.807) is 13.2 Å². The van der Waals surface area contributed by atoms with Crippen molar-refractivity contribution in [2.45, 2.75) is 50.7 Å². The number of ether oxygens (including phenoxy) is 1. The lowest BCUT2D eigenvalue weighted by Crippen LogP contribution is -2.38. The fourth-order valence-electron chi connectivity index (χ4n) is 4.09. The molecule has 0 radical (unpaired) electrons. The number of aliphatic hydroxyl groups excluding tert-OH is 1. The van der Waals surface area contributed by atoms with Gasteiger partial charge in [0, 0.05) is 19.1 Å². The molecule has 1 aliphatic carbocycles. The Bertz CT molecular complexity index is 572. The zero-order valence-corrected chi connectivity index (χ0v) is 15.1. The number of aliphatic hydroxyl groups is 1. The number of likely N-dealkylation sites (tertiary alicyclic amines) is 1. The summed E-state index contributed by atoms with van der Waals surface area (Å²) in [7, 11) is 1.60. The molecule has 2 N–H and O–H groups in total. The second-order valence-corrected chi connectivity index (χ2v) is 7.31. The van der Waals surface area contributed by atoms with Gasteiger partial charge in [0.15, 0.2) is 0 Å². The topological polar surface area (TPSA) is 61.8 Å². The van der Waals surface area contributed by atoms with Gasteiger partial charge in [0.05, 0.1) is 19.1 Å². The summed E-state index contributed by atoms with van der Waals surface area (Å²) in [4.78, 5) is 15.0. The van der Waals surface area contributed by atoms with Crippen LogP contribution in [-0.4, -0.2) is 48.7 Å². The molecule has 0 bridgehead atoms. The Balaban J connectivity index is 1.46. The Morgan fingerprint density at radius 1 is 1.32 bits per heavy atom. The highest BCUT2D eigenvalue weighted by Crippen LogP contribution is 2.28. The van der Waals surface area contributed by atoms with Crippen LogP contribution in [0.4, 0.5) is 0 Å². The highest BCUT2D eigenvalue weighted by molar-refractivity contribution is 5.79. The van der Waals surface area contributed by atoms with Crippen LogP contribution < -0.4 is 10.1 Å². The molecule has 1 aliphatic heterocycles. The molecule has 5 nitrogen and oxygen atoms in total. The molecule has 2 fully saturated rings. The number of rotatable bonds is 6. The van der Waals surface area contributed by atoms with Gasteiger partial charge >= 0.3 is 0 Å². The van der Waals surface area contributed by atoms with E-state index in [9.17, 15) is 9.90 Å². The van der Waals surface area contributed by atoms with E-state index in [1.165, 1.54) is 32.1 Å². The monoisotopic (exact) mass is 346 g/mol. The Hall–Kier alpha value is -1.59. The van der Waals surface area contributed by atoms with Crippen molar-refractivity contribution >= 4 is 5.91 Å². The van der Waals surface area contributed by atoms with Crippen molar-refractivity contribution in [2.75, 3.05) is 26.7 Å². The van der Waals surface area contributed by atoms with E-state index >= 15 is 0 Å². The maximum Gasteiger partial charge on any atom is 0.224 e. The number of carbonyl (C=O) groups is 1. The Kier molecular flexibility index (Phi) is 6.32.